The Morgan fingerprint density at radius 3 is 2.75 bits per heavy atom. The minimum Gasteiger partial charge on any atom is -0.486 e. The van der Waals surface area contributed by atoms with Crippen molar-refractivity contribution < 1.29 is 4.74 Å². The molecule has 102 valence electrons. The molecule has 1 aliphatic carbocycles. The van der Waals surface area contributed by atoms with Crippen molar-refractivity contribution in [3.05, 3.63) is 44.9 Å². The van der Waals surface area contributed by atoms with Crippen molar-refractivity contribution in [1.82, 2.24) is 4.98 Å². The van der Waals surface area contributed by atoms with Gasteiger partial charge in [-0.15, -0.1) is 11.3 Å². The zero-order valence-corrected chi connectivity index (χ0v) is 12.4. The van der Waals surface area contributed by atoms with Gasteiger partial charge in [-0.3, -0.25) is 0 Å². The monoisotopic (exact) mass is 304 g/mol. The molecule has 0 N–H and O–H groups in total. The van der Waals surface area contributed by atoms with Crippen LogP contribution < -0.4 is 4.74 Å². The molecule has 0 saturated heterocycles. The summed E-state index contributed by atoms with van der Waals surface area (Å²) in [5, 5.41) is 10.5. The Bertz CT molecular complexity index is 641. The Morgan fingerprint density at radius 1 is 1.35 bits per heavy atom. The highest BCUT2D eigenvalue weighted by Crippen LogP contribution is 2.42. The summed E-state index contributed by atoms with van der Waals surface area (Å²) < 4.78 is 5.70. The van der Waals surface area contributed by atoms with Crippen LogP contribution in [0.15, 0.2) is 24.3 Å². The first-order chi connectivity index (χ1) is 9.76. The quantitative estimate of drug-likeness (QED) is 0.826. The number of benzene rings is 1. The van der Waals surface area contributed by atoms with Crippen LogP contribution in [0.2, 0.25) is 5.02 Å². The fourth-order valence-corrected chi connectivity index (χ4v) is 3.15. The minimum absolute atomic E-state index is 0.442. The maximum Gasteiger partial charge on any atom is 0.140 e. The standard InChI is InChI=1S/C15H13ClN2OS/c16-11-3-5-12(6-4-11)19-9-14-18-15(10-1-2-10)13(20-14)7-8-17/h3-6,10H,1-2,7,9H2. The van der Waals surface area contributed by atoms with Crippen LogP contribution in [0.5, 0.6) is 5.75 Å². The first kappa shape index (κ1) is 13.4. The lowest BCUT2D eigenvalue weighted by molar-refractivity contribution is 0.305. The number of nitrogens with zero attached hydrogens (tertiary/aromatic N) is 2. The van der Waals surface area contributed by atoms with Crippen molar-refractivity contribution in [2.45, 2.75) is 31.8 Å². The van der Waals surface area contributed by atoms with Gasteiger partial charge < -0.3 is 4.74 Å². The predicted octanol–water partition coefficient (Wildman–Crippen LogP) is 4.32. The molecule has 0 bridgehead atoms. The number of ether oxygens (including phenoxy) is 1. The molecule has 0 unspecified atom stereocenters. The molecule has 1 heterocycles. The molecule has 1 aliphatic rings. The van der Waals surface area contributed by atoms with Gasteiger partial charge in [-0.25, -0.2) is 4.98 Å². The molecule has 0 aliphatic heterocycles. The fourth-order valence-electron chi connectivity index (χ4n) is 2.03. The lowest BCUT2D eigenvalue weighted by Gasteiger charge is -2.03. The number of halogens is 1. The maximum absolute atomic E-state index is 8.87. The van der Waals surface area contributed by atoms with Crippen LogP contribution in [0.4, 0.5) is 0 Å². The molecule has 20 heavy (non-hydrogen) atoms. The first-order valence-electron chi connectivity index (χ1n) is 6.50. The van der Waals surface area contributed by atoms with Gasteiger partial charge in [-0.1, -0.05) is 11.6 Å². The van der Waals surface area contributed by atoms with Crippen LogP contribution in [0.3, 0.4) is 0 Å². The van der Waals surface area contributed by atoms with Crippen molar-refractivity contribution in [1.29, 1.82) is 5.26 Å². The van der Waals surface area contributed by atoms with Crippen molar-refractivity contribution >= 4 is 22.9 Å². The third-order valence-electron chi connectivity index (χ3n) is 3.15. The Balaban J connectivity index is 1.69. The molecule has 2 aromatic rings. The topological polar surface area (TPSA) is 45.9 Å². The Labute approximate surface area is 126 Å². The molecule has 1 aromatic heterocycles. The number of hydrogen-bond donors (Lipinski definition) is 0. The molecule has 3 rings (SSSR count). The summed E-state index contributed by atoms with van der Waals surface area (Å²) in [6, 6.07) is 9.50. The van der Waals surface area contributed by atoms with Crippen LogP contribution in [0.25, 0.3) is 0 Å². The number of hydrogen-bond acceptors (Lipinski definition) is 4. The highest BCUT2D eigenvalue weighted by molar-refractivity contribution is 7.11. The van der Waals surface area contributed by atoms with Crippen LogP contribution in [-0.4, -0.2) is 4.98 Å². The molecular formula is C15H13ClN2OS. The second-order valence-corrected chi connectivity index (χ2v) is 6.37. The van der Waals surface area contributed by atoms with E-state index in [-0.39, 0.29) is 0 Å². The van der Waals surface area contributed by atoms with Crippen molar-refractivity contribution in [2.24, 2.45) is 0 Å². The third-order valence-corrected chi connectivity index (χ3v) is 4.45. The van der Waals surface area contributed by atoms with Gasteiger partial charge in [-0.05, 0) is 37.1 Å². The summed E-state index contributed by atoms with van der Waals surface area (Å²) >= 11 is 7.42. The molecule has 3 nitrogen and oxygen atoms in total. The van der Waals surface area contributed by atoms with Crippen LogP contribution >= 0.6 is 22.9 Å². The van der Waals surface area contributed by atoms with Gasteiger partial charge in [0.1, 0.15) is 17.4 Å². The van der Waals surface area contributed by atoms with Gasteiger partial charge in [0.15, 0.2) is 0 Å². The van der Waals surface area contributed by atoms with E-state index in [0.29, 0.717) is 24.0 Å². The second-order valence-electron chi connectivity index (χ2n) is 4.77. The van der Waals surface area contributed by atoms with E-state index in [1.807, 2.05) is 12.1 Å². The van der Waals surface area contributed by atoms with E-state index in [1.165, 1.54) is 12.8 Å². The zero-order chi connectivity index (χ0) is 13.9. The second kappa shape index (κ2) is 5.82. The van der Waals surface area contributed by atoms with Gasteiger partial charge >= 0.3 is 0 Å². The summed E-state index contributed by atoms with van der Waals surface area (Å²) in [7, 11) is 0. The normalized spacial score (nSPS) is 14.0. The average Bonchev–Trinajstić information content (AvgIpc) is 3.21. The lowest BCUT2D eigenvalue weighted by atomic mass is 10.2. The van der Waals surface area contributed by atoms with E-state index in [1.54, 1.807) is 23.5 Å². The number of rotatable bonds is 5. The van der Waals surface area contributed by atoms with Crippen molar-refractivity contribution in [3.8, 4) is 11.8 Å². The molecule has 0 atom stereocenters. The summed E-state index contributed by atoms with van der Waals surface area (Å²) in [6.45, 7) is 0.442. The van der Waals surface area contributed by atoms with E-state index in [0.717, 1.165) is 21.3 Å². The lowest BCUT2D eigenvalue weighted by Crippen LogP contribution is -1.95. The largest absolute Gasteiger partial charge is 0.486 e. The predicted molar refractivity (Wildman–Crippen MR) is 79.2 cm³/mol. The summed E-state index contributed by atoms with van der Waals surface area (Å²) in [5.41, 5.74) is 1.12. The first-order valence-corrected chi connectivity index (χ1v) is 7.69. The smallest absolute Gasteiger partial charge is 0.140 e. The highest BCUT2D eigenvalue weighted by atomic mass is 35.5. The van der Waals surface area contributed by atoms with Gasteiger partial charge in [0.25, 0.3) is 0 Å². The Morgan fingerprint density at radius 2 is 2.10 bits per heavy atom. The minimum atomic E-state index is 0.442. The van der Waals surface area contributed by atoms with Crippen molar-refractivity contribution in [2.75, 3.05) is 0 Å². The van der Waals surface area contributed by atoms with Crippen LogP contribution in [0, 0.1) is 11.3 Å². The number of nitriles is 1. The zero-order valence-electron chi connectivity index (χ0n) is 10.8. The van der Waals surface area contributed by atoms with E-state index in [4.69, 9.17) is 21.6 Å². The SMILES string of the molecule is N#CCc1sc(COc2ccc(Cl)cc2)nc1C1CC1. The molecular weight excluding hydrogens is 292 g/mol. The van der Waals surface area contributed by atoms with Gasteiger partial charge in [0.05, 0.1) is 18.2 Å². The Kier molecular flexibility index (Phi) is 3.90. The van der Waals surface area contributed by atoms with Gasteiger partial charge in [-0.2, -0.15) is 5.26 Å². The summed E-state index contributed by atoms with van der Waals surface area (Å²) in [5.74, 6) is 1.35. The average molecular weight is 305 g/mol. The van der Waals surface area contributed by atoms with Gasteiger partial charge in [0, 0.05) is 15.8 Å². The van der Waals surface area contributed by atoms with Crippen LogP contribution in [0.1, 0.15) is 34.3 Å². The van der Waals surface area contributed by atoms with Crippen molar-refractivity contribution in [3.63, 3.8) is 0 Å². The molecule has 1 fully saturated rings. The van der Waals surface area contributed by atoms with Gasteiger partial charge in [0.2, 0.25) is 0 Å². The van der Waals surface area contributed by atoms with E-state index in [2.05, 4.69) is 11.1 Å². The van der Waals surface area contributed by atoms with E-state index in [9.17, 15) is 0 Å². The summed E-state index contributed by atoms with van der Waals surface area (Å²) in [4.78, 5) is 5.74. The Hall–Kier alpha value is -1.57. The molecule has 1 saturated carbocycles. The molecule has 1 aromatic carbocycles. The highest BCUT2D eigenvalue weighted by Gasteiger charge is 2.29. The van der Waals surface area contributed by atoms with E-state index >= 15 is 0 Å². The van der Waals surface area contributed by atoms with Crippen LogP contribution in [-0.2, 0) is 13.0 Å². The third kappa shape index (κ3) is 3.12. The maximum atomic E-state index is 8.87. The summed E-state index contributed by atoms with van der Waals surface area (Å²) in [6.07, 6.45) is 2.84. The molecule has 0 spiro atoms. The fraction of sp³-hybridized carbons (Fsp3) is 0.333. The molecule has 0 amide bonds. The molecule has 0 radical (unpaired) electrons. The number of aromatic nitrogens is 1. The molecule has 5 heteroatoms. The number of thiazole rings is 1. The van der Waals surface area contributed by atoms with E-state index < -0.39 is 0 Å².